The van der Waals surface area contributed by atoms with E-state index in [1.807, 2.05) is 13.0 Å². The van der Waals surface area contributed by atoms with Crippen LogP contribution in [0.1, 0.15) is 36.5 Å². The topological polar surface area (TPSA) is 67.4 Å². The Morgan fingerprint density at radius 2 is 2.06 bits per heavy atom. The molecule has 1 aromatic carbocycles. The molecule has 0 aliphatic carbocycles. The summed E-state index contributed by atoms with van der Waals surface area (Å²) in [5, 5.41) is 0. The first-order valence-electron chi connectivity index (χ1n) is 5.83. The Labute approximate surface area is 108 Å². The molecule has 5 nitrogen and oxygen atoms in total. The number of methoxy groups -OCH3 is 1. The van der Waals surface area contributed by atoms with E-state index in [2.05, 4.69) is 23.3 Å². The third-order valence-electron chi connectivity index (χ3n) is 3.11. The summed E-state index contributed by atoms with van der Waals surface area (Å²) >= 11 is 0. The molecule has 0 unspecified atom stereocenters. The Morgan fingerprint density at radius 1 is 1.39 bits per heavy atom. The van der Waals surface area contributed by atoms with Crippen molar-refractivity contribution in [3.05, 3.63) is 22.8 Å². The van der Waals surface area contributed by atoms with E-state index in [9.17, 15) is 8.42 Å². The maximum absolute atomic E-state index is 11.5. The summed E-state index contributed by atoms with van der Waals surface area (Å²) < 4.78 is 33.5. The van der Waals surface area contributed by atoms with Crippen LogP contribution in [0.25, 0.3) is 0 Å². The van der Waals surface area contributed by atoms with Gasteiger partial charge in [0.15, 0.2) is 0 Å². The Balaban J connectivity index is 2.69. The fourth-order valence-electron chi connectivity index (χ4n) is 2.33. The van der Waals surface area contributed by atoms with Gasteiger partial charge in [-0.05, 0) is 30.0 Å². The highest BCUT2D eigenvalue weighted by Crippen LogP contribution is 2.38. The van der Waals surface area contributed by atoms with Crippen LogP contribution in [0.15, 0.2) is 6.07 Å². The first-order valence-corrected chi connectivity index (χ1v) is 7.31. The maximum Gasteiger partial charge on any atom is 0.299 e. The van der Waals surface area contributed by atoms with Gasteiger partial charge in [0, 0.05) is 12.1 Å². The van der Waals surface area contributed by atoms with Crippen molar-refractivity contribution in [2.24, 2.45) is 0 Å². The Kier molecular flexibility index (Phi) is 3.25. The van der Waals surface area contributed by atoms with Crippen molar-refractivity contribution in [3.63, 3.8) is 0 Å². The lowest BCUT2D eigenvalue weighted by molar-refractivity contribution is 0.406. The number of fused-ring (bicyclic) bond motifs is 1. The van der Waals surface area contributed by atoms with Crippen LogP contribution in [0, 0.1) is 6.92 Å². The van der Waals surface area contributed by atoms with Crippen molar-refractivity contribution in [1.82, 2.24) is 4.72 Å². The molecule has 1 aliphatic rings. The van der Waals surface area contributed by atoms with Gasteiger partial charge in [-0.3, -0.25) is 4.72 Å². The van der Waals surface area contributed by atoms with Crippen molar-refractivity contribution in [1.29, 1.82) is 0 Å². The molecule has 100 valence electrons. The number of anilines is 1. The van der Waals surface area contributed by atoms with Gasteiger partial charge in [-0.2, -0.15) is 13.1 Å². The maximum atomic E-state index is 11.5. The standard InChI is InChI=1S/C12H18N2O3S/c1-7(2)11-9-6-13-18(15,16)14-12(9)8(3)5-10(11)17-4/h5,7,13-14H,6H2,1-4H3. The highest BCUT2D eigenvalue weighted by molar-refractivity contribution is 7.90. The molecule has 1 aromatic rings. The average molecular weight is 270 g/mol. The van der Waals surface area contributed by atoms with Crippen molar-refractivity contribution in [3.8, 4) is 5.75 Å². The molecule has 0 atom stereocenters. The van der Waals surface area contributed by atoms with Crippen molar-refractivity contribution in [2.45, 2.75) is 33.2 Å². The Hall–Kier alpha value is -1.27. The molecule has 0 radical (unpaired) electrons. The lowest BCUT2D eigenvalue weighted by Crippen LogP contribution is -2.35. The second-order valence-corrected chi connectivity index (χ2v) is 6.24. The van der Waals surface area contributed by atoms with E-state index in [0.717, 1.165) is 22.4 Å². The molecule has 1 aliphatic heterocycles. The monoisotopic (exact) mass is 270 g/mol. The third-order valence-corrected chi connectivity index (χ3v) is 4.10. The summed E-state index contributed by atoms with van der Waals surface area (Å²) in [6.45, 7) is 6.31. The lowest BCUT2D eigenvalue weighted by Gasteiger charge is -2.26. The van der Waals surface area contributed by atoms with Gasteiger partial charge in [-0.1, -0.05) is 13.8 Å². The second kappa shape index (κ2) is 4.44. The van der Waals surface area contributed by atoms with Crippen LogP contribution in [-0.4, -0.2) is 15.5 Å². The summed E-state index contributed by atoms with van der Waals surface area (Å²) in [7, 11) is -1.79. The fraction of sp³-hybridized carbons (Fsp3) is 0.500. The zero-order valence-corrected chi connectivity index (χ0v) is 11.8. The smallest absolute Gasteiger partial charge is 0.299 e. The van der Waals surface area contributed by atoms with E-state index < -0.39 is 10.2 Å². The minimum atomic E-state index is -3.42. The van der Waals surface area contributed by atoms with E-state index in [-0.39, 0.29) is 5.92 Å². The SMILES string of the molecule is COc1cc(C)c2c(c1C(C)C)CNS(=O)(=O)N2. The molecule has 2 rings (SSSR count). The summed E-state index contributed by atoms with van der Waals surface area (Å²) in [4.78, 5) is 0. The number of hydrogen-bond donors (Lipinski definition) is 2. The van der Waals surface area contributed by atoms with Crippen molar-refractivity contribution >= 4 is 15.9 Å². The molecule has 0 saturated carbocycles. The van der Waals surface area contributed by atoms with E-state index in [1.165, 1.54) is 0 Å². The van der Waals surface area contributed by atoms with Crippen LogP contribution in [-0.2, 0) is 16.8 Å². The van der Waals surface area contributed by atoms with Gasteiger partial charge in [-0.25, -0.2) is 0 Å². The van der Waals surface area contributed by atoms with Crippen molar-refractivity contribution in [2.75, 3.05) is 11.8 Å². The predicted octanol–water partition coefficient (Wildman–Crippen LogP) is 1.89. The molecule has 0 fully saturated rings. The van der Waals surface area contributed by atoms with E-state index in [1.54, 1.807) is 7.11 Å². The molecule has 0 amide bonds. The van der Waals surface area contributed by atoms with Gasteiger partial charge < -0.3 is 4.74 Å². The first-order chi connectivity index (χ1) is 8.35. The molecule has 1 heterocycles. The Bertz CT molecular complexity index is 579. The highest BCUT2D eigenvalue weighted by Gasteiger charge is 2.26. The van der Waals surface area contributed by atoms with Crippen LogP contribution in [0.2, 0.25) is 0 Å². The van der Waals surface area contributed by atoms with Gasteiger partial charge in [0.25, 0.3) is 10.2 Å². The van der Waals surface area contributed by atoms with E-state index in [0.29, 0.717) is 12.2 Å². The van der Waals surface area contributed by atoms with Crippen LogP contribution in [0.3, 0.4) is 0 Å². The molecule has 6 heteroatoms. The number of hydrogen-bond acceptors (Lipinski definition) is 3. The predicted molar refractivity (Wildman–Crippen MR) is 71.2 cm³/mol. The summed E-state index contributed by atoms with van der Waals surface area (Å²) in [5.74, 6) is 1.07. The third kappa shape index (κ3) is 2.18. The van der Waals surface area contributed by atoms with Gasteiger partial charge >= 0.3 is 0 Å². The number of ether oxygens (including phenoxy) is 1. The zero-order valence-electron chi connectivity index (χ0n) is 11.0. The van der Waals surface area contributed by atoms with E-state index >= 15 is 0 Å². The Morgan fingerprint density at radius 3 is 2.61 bits per heavy atom. The first kappa shape index (κ1) is 13.2. The molecular weight excluding hydrogens is 252 g/mol. The molecule has 0 aromatic heterocycles. The number of aryl methyl sites for hydroxylation is 1. The zero-order chi connectivity index (χ0) is 13.5. The average Bonchev–Trinajstić information content (AvgIpc) is 2.28. The molecule has 2 N–H and O–H groups in total. The number of nitrogens with one attached hydrogen (secondary N) is 2. The molecule has 18 heavy (non-hydrogen) atoms. The van der Waals surface area contributed by atoms with Crippen LogP contribution in [0.5, 0.6) is 5.75 Å². The normalized spacial score (nSPS) is 17.2. The quantitative estimate of drug-likeness (QED) is 0.862. The lowest BCUT2D eigenvalue weighted by atomic mass is 9.92. The van der Waals surface area contributed by atoms with E-state index in [4.69, 9.17) is 4.74 Å². The summed E-state index contributed by atoms with van der Waals surface area (Å²) in [5.41, 5.74) is 3.57. The largest absolute Gasteiger partial charge is 0.496 e. The molecule has 0 bridgehead atoms. The number of rotatable bonds is 2. The molecular formula is C12H18N2O3S. The van der Waals surface area contributed by atoms with Gasteiger partial charge in [-0.15, -0.1) is 0 Å². The van der Waals surface area contributed by atoms with Gasteiger partial charge in [0.05, 0.1) is 12.8 Å². The highest BCUT2D eigenvalue weighted by atomic mass is 32.2. The summed E-state index contributed by atoms with van der Waals surface area (Å²) in [6, 6.07) is 1.88. The van der Waals surface area contributed by atoms with Crippen LogP contribution < -0.4 is 14.2 Å². The van der Waals surface area contributed by atoms with Gasteiger partial charge in [0.1, 0.15) is 5.75 Å². The van der Waals surface area contributed by atoms with Gasteiger partial charge in [0.2, 0.25) is 0 Å². The minimum Gasteiger partial charge on any atom is -0.496 e. The second-order valence-electron chi connectivity index (χ2n) is 4.74. The van der Waals surface area contributed by atoms with Crippen LogP contribution >= 0.6 is 0 Å². The fourth-order valence-corrected chi connectivity index (χ4v) is 3.29. The summed E-state index contributed by atoms with van der Waals surface area (Å²) in [6.07, 6.45) is 0. The molecule has 0 saturated heterocycles. The van der Waals surface area contributed by atoms with Crippen LogP contribution in [0.4, 0.5) is 5.69 Å². The molecule has 0 spiro atoms. The minimum absolute atomic E-state index is 0.263. The van der Waals surface area contributed by atoms with Crippen molar-refractivity contribution < 1.29 is 13.2 Å². The number of benzene rings is 1.